The van der Waals surface area contributed by atoms with Crippen LogP contribution in [0.4, 0.5) is 5.95 Å². The zero-order chi connectivity index (χ0) is 17.6. The zero-order valence-corrected chi connectivity index (χ0v) is 14.9. The number of aromatic amines is 1. The first kappa shape index (κ1) is 17.4. The smallest absolute Gasteiger partial charge is 0.218 e. The first-order valence-electron chi connectivity index (χ1n) is 7.49. The Balaban J connectivity index is 1.73. The van der Waals surface area contributed by atoms with Crippen molar-refractivity contribution in [2.75, 3.05) is 12.4 Å². The van der Waals surface area contributed by atoms with Crippen LogP contribution in [0, 0.1) is 0 Å². The van der Waals surface area contributed by atoms with Crippen LogP contribution in [-0.4, -0.2) is 22.3 Å². The van der Waals surface area contributed by atoms with E-state index in [9.17, 15) is 0 Å². The summed E-state index contributed by atoms with van der Waals surface area (Å²) in [6.07, 6.45) is 1.43. The van der Waals surface area contributed by atoms with Gasteiger partial charge in [0, 0.05) is 28.2 Å². The predicted molar refractivity (Wildman–Crippen MR) is 97.5 cm³/mol. The normalized spacial score (nSPS) is 10.5. The molecule has 0 spiro atoms. The number of hydrogen-bond donors (Lipinski definition) is 2. The van der Waals surface area contributed by atoms with E-state index in [1.54, 1.807) is 13.2 Å². The van der Waals surface area contributed by atoms with Crippen molar-refractivity contribution in [1.29, 1.82) is 0 Å². The van der Waals surface area contributed by atoms with Gasteiger partial charge >= 0.3 is 0 Å². The Morgan fingerprint density at radius 1 is 1.08 bits per heavy atom. The molecule has 1 aromatic heterocycles. The molecule has 3 aromatic rings. The lowest BCUT2D eigenvalue weighted by Gasteiger charge is -2.14. The summed E-state index contributed by atoms with van der Waals surface area (Å²) in [6, 6.07) is 11.1. The molecule has 0 saturated carbocycles. The Hall–Kier alpha value is -2.44. The van der Waals surface area contributed by atoms with Crippen molar-refractivity contribution in [2.24, 2.45) is 0 Å². The first-order chi connectivity index (χ1) is 12.2. The van der Waals surface area contributed by atoms with Crippen LogP contribution in [0.15, 0.2) is 42.7 Å². The molecule has 0 fully saturated rings. The highest BCUT2D eigenvalue weighted by Gasteiger charge is 2.12. The van der Waals surface area contributed by atoms with E-state index in [0.717, 1.165) is 11.1 Å². The van der Waals surface area contributed by atoms with Gasteiger partial charge in [-0.3, -0.25) is 0 Å². The lowest BCUT2D eigenvalue weighted by atomic mass is 10.2. The van der Waals surface area contributed by atoms with Crippen LogP contribution in [0.1, 0.15) is 11.1 Å². The molecule has 0 unspecified atom stereocenters. The Morgan fingerprint density at radius 2 is 1.92 bits per heavy atom. The Labute approximate surface area is 155 Å². The zero-order valence-electron chi connectivity index (χ0n) is 13.4. The third-order valence-electron chi connectivity index (χ3n) is 3.53. The molecular weight excluding hydrogens is 363 g/mol. The van der Waals surface area contributed by atoms with Gasteiger partial charge in [-0.1, -0.05) is 41.4 Å². The van der Waals surface area contributed by atoms with Gasteiger partial charge in [0.15, 0.2) is 11.5 Å². The standard InChI is InChI=1S/C17H16Cl2N4O2/c1-24-15-6-12(8-20-17-21-10-22-23-17)14(19)7-16(15)25-9-11-4-2-3-5-13(11)18/h2-7,10H,8-9H2,1H3,(H2,20,21,22,23). The summed E-state index contributed by atoms with van der Waals surface area (Å²) in [5, 5.41) is 10.8. The predicted octanol–water partition coefficient (Wildman–Crippen LogP) is 4.31. The quantitative estimate of drug-likeness (QED) is 0.640. The van der Waals surface area contributed by atoms with E-state index in [1.807, 2.05) is 30.3 Å². The molecule has 1 heterocycles. The average molecular weight is 379 g/mol. The number of ether oxygens (including phenoxy) is 2. The van der Waals surface area contributed by atoms with Gasteiger partial charge in [-0.05, 0) is 17.7 Å². The monoisotopic (exact) mass is 378 g/mol. The lowest BCUT2D eigenvalue weighted by Crippen LogP contribution is -2.04. The summed E-state index contributed by atoms with van der Waals surface area (Å²) in [5.41, 5.74) is 1.73. The maximum atomic E-state index is 6.36. The lowest BCUT2D eigenvalue weighted by molar-refractivity contribution is 0.284. The molecule has 2 N–H and O–H groups in total. The molecule has 0 radical (unpaired) electrons. The average Bonchev–Trinajstić information content (AvgIpc) is 3.13. The minimum Gasteiger partial charge on any atom is -0.493 e. The minimum absolute atomic E-state index is 0.321. The fourth-order valence-electron chi connectivity index (χ4n) is 2.23. The van der Waals surface area contributed by atoms with Gasteiger partial charge in [-0.15, -0.1) is 0 Å². The van der Waals surface area contributed by atoms with Crippen molar-refractivity contribution in [3.8, 4) is 11.5 Å². The van der Waals surface area contributed by atoms with E-state index in [4.69, 9.17) is 32.7 Å². The first-order valence-corrected chi connectivity index (χ1v) is 8.25. The van der Waals surface area contributed by atoms with E-state index in [-0.39, 0.29) is 0 Å². The number of rotatable bonds is 7. The van der Waals surface area contributed by atoms with Gasteiger partial charge < -0.3 is 14.8 Å². The van der Waals surface area contributed by atoms with Crippen LogP contribution < -0.4 is 14.8 Å². The van der Waals surface area contributed by atoms with Gasteiger partial charge in [0.25, 0.3) is 0 Å². The van der Waals surface area contributed by atoms with Gasteiger partial charge in [0.2, 0.25) is 5.95 Å². The molecule has 0 atom stereocenters. The summed E-state index contributed by atoms with van der Waals surface area (Å²) in [4.78, 5) is 4.00. The maximum Gasteiger partial charge on any atom is 0.218 e. The van der Waals surface area contributed by atoms with E-state index in [1.165, 1.54) is 6.33 Å². The van der Waals surface area contributed by atoms with Crippen LogP contribution in [-0.2, 0) is 13.2 Å². The van der Waals surface area contributed by atoms with Crippen LogP contribution in [0.5, 0.6) is 11.5 Å². The largest absolute Gasteiger partial charge is 0.493 e. The Kier molecular flexibility index (Phi) is 5.63. The number of methoxy groups -OCH3 is 1. The fraction of sp³-hybridized carbons (Fsp3) is 0.176. The molecule has 0 amide bonds. The van der Waals surface area contributed by atoms with Crippen LogP contribution >= 0.6 is 23.2 Å². The van der Waals surface area contributed by atoms with E-state index < -0.39 is 0 Å². The summed E-state index contributed by atoms with van der Waals surface area (Å²) < 4.78 is 11.3. The number of H-pyrrole nitrogens is 1. The molecule has 130 valence electrons. The van der Waals surface area contributed by atoms with Crippen molar-refractivity contribution >= 4 is 29.2 Å². The number of nitrogens with one attached hydrogen (secondary N) is 2. The summed E-state index contributed by atoms with van der Waals surface area (Å²) >= 11 is 12.5. The van der Waals surface area contributed by atoms with E-state index in [2.05, 4.69) is 20.5 Å². The van der Waals surface area contributed by atoms with Crippen molar-refractivity contribution in [2.45, 2.75) is 13.2 Å². The third kappa shape index (κ3) is 4.35. The highest BCUT2D eigenvalue weighted by Crippen LogP contribution is 2.34. The molecule has 6 nitrogen and oxygen atoms in total. The molecule has 25 heavy (non-hydrogen) atoms. The number of halogens is 2. The Morgan fingerprint density at radius 3 is 2.64 bits per heavy atom. The number of anilines is 1. The molecule has 0 aliphatic carbocycles. The summed E-state index contributed by atoms with van der Waals surface area (Å²) in [6.45, 7) is 0.789. The molecule has 0 saturated heterocycles. The van der Waals surface area contributed by atoms with Crippen molar-refractivity contribution in [1.82, 2.24) is 15.2 Å². The Bertz CT molecular complexity index is 841. The van der Waals surface area contributed by atoms with E-state index in [0.29, 0.717) is 40.6 Å². The number of hydrogen-bond acceptors (Lipinski definition) is 5. The molecule has 0 aliphatic rings. The molecule has 3 rings (SSSR count). The van der Waals surface area contributed by atoms with E-state index >= 15 is 0 Å². The second kappa shape index (κ2) is 8.09. The van der Waals surface area contributed by atoms with Crippen molar-refractivity contribution in [3.63, 3.8) is 0 Å². The molecular formula is C17H16Cl2N4O2. The topological polar surface area (TPSA) is 72.1 Å². The van der Waals surface area contributed by atoms with Gasteiger partial charge in [-0.25, -0.2) is 10.1 Å². The number of nitrogens with zero attached hydrogens (tertiary/aromatic N) is 2. The highest BCUT2D eigenvalue weighted by atomic mass is 35.5. The van der Waals surface area contributed by atoms with Gasteiger partial charge in [0.05, 0.1) is 7.11 Å². The fourth-order valence-corrected chi connectivity index (χ4v) is 2.64. The van der Waals surface area contributed by atoms with Crippen LogP contribution in [0.3, 0.4) is 0 Å². The minimum atomic E-state index is 0.321. The second-order valence-electron chi connectivity index (χ2n) is 5.16. The number of aromatic nitrogens is 3. The third-order valence-corrected chi connectivity index (χ3v) is 4.26. The molecule has 8 heteroatoms. The molecule has 2 aromatic carbocycles. The van der Waals surface area contributed by atoms with Crippen LogP contribution in [0.25, 0.3) is 0 Å². The molecule has 0 bridgehead atoms. The number of benzene rings is 2. The molecule has 0 aliphatic heterocycles. The van der Waals surface area contributed by atoms with Crippen LogP contribution in [0.2, 0.25) is 10.0 Å². The summed E-state index contributed by atoms with van der Waals surface area (Å²) in [7, 11) is 1.58. The maximum absolute atomic E-state index is 6.36. The summed E-state index contributed by atoms with van der Waals surface area (Å²) in [5.74, 6) is 1.70. The highest BCUT2D eigenvalue weighted by molar-refractivity contribution is 6.31. The SMILES string of the molecule is COc1cc(CNc2ncn[nH]2)c(Cl)cc1OCc1ccccc1Cl. The second-order valence-corrected chi connectivity index (χ2v) is 5.98. The van der Waals surface area contributed by atoms with Gasteiger partial charge in [0.1, 0.15) is 12.9 Å². The van der Waals surface area contributed by atoms with Crippen molar-refractivity contribution < 1.29 is 9.47 Å². The van der Waals surface area contributed by atoms with Crippen molar-refractivity contribution in [3.05, 3.63) is 63.9 Å². The van der Waals surface area contributed by atoms with Gasteiger partial charge in [-0.2, -0.15) is 5.10 Å².